The van der Waals surface area contributed by atoms with Gasteiger partial charge in [0.1, 0.15) is 23.9 Å². The SMILES string of the molecule is COC(=O)/C=C/CC[C@H](NC(=O)c1oc2ccccc2c1C)C(=O)Nc1cccn(CC(=O)N[C@H]2C3CC4CC2C(Br)(C4)C3)c1=O. The van der Waals surface area contributed by atoms with Gasteiger partial charge < -0.3 is 29.7 Å². The number of aromatic nitrogens is 1. The third-order valence-corrected chi connectivity index (χ3v) is 11.0. The van der Waals surface area contributed by atoms with Gasteiger partial charge in [0.25, 0.3) is 11.5 Å². The van der Waals surface area contributed by atoms with Crippen LogP contribution in [-0.2, 0) is 25.7 Å². The summed E-state index contributed by atoms with van der Waals surface area (Å²) in [7, 11) is 1.26. The van der Waals surface area contributed by atoms with E-state index in [9.17, 15) is 24.0 Å². The molecule has 4 bridgehead atoms. The molecule has 3 aromatic rings. The third kappa shape index (κ3) is 6.27. The molecular weight excluding hydrogens is 656 g/mol. The second kappa shape index (κ2) is 12.9. The lowest BCUT2D eigenvalue weighted by molar-refractivity contribution is -0.134. The van der Waals surface area contributed by atoms with Gasteiger partial charge in [0, 0.05) is 33.6 Å². The van der Waals surface area contributed by atoms with Gasteiger partial charge >= 0.3 is 5.97 Å². The molecule has 1 aromatic carbocycles. The quantitative estimate of drug-likeness (QED) is 0.155. The summed E-state index contributed by atoms with van der Waals surface area (Å²) >= 11 is 3.96. The number of allylic oxidation sites excluding steroid dienone is 1. The first kappa shape index (κ1) is 31.8. The number of anilines is 1. The topological polar surface area (TPSA) is 149 Å². The van der Waals surface area contributed by atoms with Gasteiger partial charge in [0.2, 0.25) is 11.8 Å². The van der Waals surface area contributed by atoms with Crippen LogP contribution in [0.5, 0.6) is 0 Å². The minimum atomic E-state index is -1.08. The summed E-state index contributed by atoms with van der Waals surface area (Å²) in [6.07, 6.45) is 9.12. The zero-order valence-corrected chi connectivity index (χ0v) is 27.3. The molecule has 4 fully saturated rings. The molecule has 0 spiro atoms. The van der Waals surface area contributed by atoms with Crippen molar-refractivity contribution in [3.63, 3.8) is 0 Å². The molecule has 12 heteroatoms. The Morgan fingerprint density at radius 2 is 1.96 bits per heavy atom. The maximum absolute atomic E-state index is 13.5. The summed E-state index contributed by atoms with van der Waals surface area (Å²) in [4.78, 5) is 64.8. The van der Waals surface area contributed by atoms with Gasteiger partial charge in [0.15, 0.2) is 5.76 Å². The molecule has 0 aliphatic heterocycles. The molecule has 3 N–H and O–H groups in total. The fourth-order valence-corrected chi connectivity index (χ4v) is 9.04. The molecule has 7 rings (SSSR count). The first-order chi connectivity index (χ1) is 22.1. The number of nitrogens with zero attached hydrogens (tertiary/aromatic N) is 1. The molecule has 46 heavy (non-hydrogen) atoms. The number of fused-ring (bicyclic) bond motifs is 1. The first-order valence-electron chi connectivity index (χ1n) is 15.6. The third-order valence-electron chi connectivity index (χ3n) is 9.73. The van der Waals surface area contributed by atoms with E-state index in [1.54, 1.807) is 25.1 Å². The summed E-state index contributed by atoms with van der Waals surface area (Å²) in [6.45, 7) is 1.58. The number of hydrogen-bond donors (Lipinski definition) is 3. The van der Waals surface area contributed by atoms with Crippen molar-refractivity contribution in [3.8, 4) is 0 Å². The van der Waals surface area contributed by atoms with Crippen molar-refractivity contribution < 1.29 is 28.3 Å². The zero-order chi connectivity index (χ0) is 32.6. The number of methoxy groups -OCH3 is 1. The number of rotatable bonds is 11. The Labute approximate surface area is 274 Å². The maximum atomic E-state index is 13.5. The molecule has 4 aliphatic rings. The van der Waals surface area contributed by atoms with Crippen LogP contribution in [0.25, 0.3) is 11.0 Å². The van der Waals surface area contributed by atoms with Crippen molar-refractivity contribution in [1.29, 1.82) is 0 Å². The average Bonchev–Trinajstić information content (AvgIpc) is 3.56. The second-order valence-electron chi connectivity index (χ2n) is 12.7. The van der Waals surface area contributed by atoms with Crippen molar-refractivity contribution in [2.75, 3.05) is 12.4 Å². The molecule has 3 amide bonds. The number of aryl methyl sites for hydroxylation is 1. The van der Waals surface area contributed by atoms with Gasteiger partial charge in [-0.15, -0.1) is 0 Å². The van der Waals surface area contributed by atoms with Crippen LogP contribution in [-0.4, -0.2) is 51.8 Å². The molecule has 2 heterocycles. The summed E-state index contributed by atoms with van der Waals surface area (Å²) < 4.78 is 11.8. The number of hydrogen-bond acceptors (Lipinski definition) is 7. The van der Waals surface area contributed by atoms with E-state index in [0.29, 0.717) is 23.0 Å². The van der Waals surface area contributed by atoms with Crippen LogP contribution >= 0.6 is 15.9 Å². The second-order valence-corrected chi connectivity index (χ2v) is 14.2. The molecule has 242 valence electrons. The minimum Gasteiger partial charge on any atom is -0.466 e. The molecule has 11 nitrogen and oxygen atoms in total. The van der Waals surface area contributed by atoms with E-state index in [4.69, 9.17) is 4.42 Å². The minimum absolute atomic E-state index is 0.0254. The molecule has 4 aliphatic carbocycles. The smallest absolute Gasteiger partial charge is 0.330 e. The molecule has 0 radical (unpaired) electrons. The summed E-state index contributed by atoms with van der Waals surface area (Å²) in [5, 5.41) is 9.33. The largest absolute Gasteiger partial charge is 0.466 e. The Morgan fingerprint density at radius 1 is 1.15 bits per heavy atom. The predicted molar refractivity (Wildman–Crippen MR) is 174 cm³/mol. The molecule has 6 atom stereocenters. The molecule has 4 saturated carbocycles. The Bertz CT molecular complexity index is 1780. The number of esters is 1. The van der Waals surface area contributed by atoms with Gasteiger partial charge in [-0.05, 0) is 81.4 Å². The van der Waals surface area contributed by atoms with Gasteiger partial charge in [-0.25, -0.2) is 4.79 Å². The number of halogens is 1. The number of carbonyl (C=O) groups excluding carboxylic acids is 4. The lowest BCUT2D eigenvalue weighted by Gasteiger charge is -2.32. The number of carbonyl (C=O) groups is 4. The lowest BCUT2D eigenvalue weighted by Crippen LogP contribution is -2.46. The Hall–Kier alpha value is -4.19. The van der Waals surface area contributed by atoms with Crippen molar-refractivity contribution in [2.24, 2.45) is 17.8 Å². The molecule has 2 aromatic heterocycles. The predicted octanol–water partition coefficient (Wildman–Crippen LogP) is 4.22. The van der Waals surface area contributed by atoms with Crippen molar-refractivity contribution >= 4 is 56.3 Å². The van der Waals surface area contributed by atoms with Gasteiger partial charge in [-0.2, -0.15) is 0 Å². The van der Waals surface area contributed by atoms with E-state index in [1.165, 1.54) is 36.1 Å². The van der Waals surface area contributed by atoms with Crippen LogP contribution in [0, 0.1) is 24.7 Å². The highest BCUT2D eigenvalue weighted by atomic mass is 79.9. The fraction of sp³-hybridized carbons (Fsp3) is 0.441. The van der Waals surface area contributed by atoms with Gasteiger partial charge in [0.05, 0.1) is 7.11 Å². The number of amides is 3. The Balaban J connectivity index is 1.14. The maximum Gasteiger partial charge on any atom is 0.330 e. The summed E-state index contributed by atoms with van der Waals surface area (Å²) in [5.74, 6) is -0.365. The summed E-state index contributed by atoms with van der Waals surface area (Å²) in [5.41, 5.74) is 0.607. The number of furan rings is 1. The fourth-order valence-electron chi connectivity index (χ4n) is 7.69. The van der Waals surface area contributed by atoms with Crippen LogP contribution in [0.15, 0.2) is 64.0 Å². The average molecular weight is 694 g/mol. The van der Waals surface area contributed by atoms with Crippen LogP contribution in [0.3, 0.4) is 0 Å². The van der Waals surface area contributed by atoms with E-state index in [1.807, 2.05) is 12.1 Å². The molecule has 4 unspecified atom stereocenters. The van der Waals surface area contributed by atoms with Crippen molar-refractivity contribution in [1.82, 2.24) is 15.2 Å². The van der Waals surface area contributed by atoms with E-state index in [2.05, 4.69) is 36.6 Å². The van der Waals surface area contributed by atoms with Gasteiger partial charge in [-0.3, -0.25) is 19.2 Å². The molecular formula is C34H37BrN4O7. The summed E-state index contributed by atoms with van der Waals surface area (Å²) in [6, 6.07) is 9.29. The zero-order valence-electron chi connectivity index (χ0n) is 25.7. The number of ether oxygens (including phenoxy) is 1. The monoisotopic (exact) mass is 692 g/mol. The normalized spacial score (nSPS) is 25.1. The van der Waals surface area contributed by atoms with E-state index < -0.39 is 29.4 Å². The van der Waals surface area contributed by atoms with Crippen LogP contribution in [0.1, 0.15) is 54.6 Å². The lowest BCUT2D eigenvalue weighted by atomic mass is 9.79. The van der Waals surface area contributed by atoms with Crippen LogP contribution < -0.4 is 21.5 Å². The van der Waals surface area contributed by atoms with E-state index >= 15 is 0 Å². The molecule has 0 saturated heterocycles. The number of para-hydroxylation sites is 1. The number of nitrogens with one attached hydrogen (secondary N) is 3. The van der Waals surface area contributed by atoms with Gasteiger partial charge in [-0.1, -0.05) is 40.2 Å². The number of benzene rings is 1. The van der Waals surface area contributed by atoms with Crippen LogP contribution in [0.2, 0.25) is 0 Å². The van der Waals surface area contributed by atoms with Crippen molar-refractivity contribution in [3.05, 3.63) is 76.4 Å². The Kier molecular flexibility index (Phi) is 8.91. The van der Waals surface area contributed by atoms with Crippen LogP contribution in [0.4, 0.5) is 5.69 Å². The highest BCUT2D eigenvalue weighted by Gasteiger charge is 2.61. The van der Waals surface area contributed by atoms with E-state index in [-0.39, 0.29) is 47.1 Å². The first-order valence-corrected chi connectivity index (χ1v) is 16.4. The van der Waals surface area contributed by atoms with Crippen molar-refractivity contribution in [2.45, 2.75) is 68.4 Å². The number of alkyl halides is 1. The highest BCUT2D eigenvalue weighted by molar-refractivity contribution is 9.10. The standard InChI is InChI=1S/C34H37BrN4O7/c1-19-22-8-3-5-11-26(22)46-30(19)32(43)36-24(9-4-6-12-28(41)45-2)31(42)37-25-10-7-13-39(33(25)44)18-27(40)38-29-21-14-20-15-23(29)34(35,16-20)17-21/h3,5-8,10-13,20-21,23-24,29H,4,9,14-18H2,1-2H3,(H,36,43)(H,37,42)(H,38,40)/b12-6+/t20?,21?,23?,24-,29-,34?/m0/s1. The number of pyridine rings is 1. The highest BCUT2D eigenvalue weighted by Crippen LogP contribution is 2.64. The van der Waals surface area contributed by atoms with E-state index in [0.717, 1.165) is 37.0 Å². The Morgan fingerprint density at radius 3 is 2.72 bits per heavy atom.